The second kappa shape index (κ2) is 22.1. The normalized spacial score (nSPS) is 16.9. The first kappa shape index (κ1) is 44.6. The van der Waals surface area contributed by atoms with Crippen LogP contribution in [-0.2, 0) is 43.3 Å². The van der Waals surface area contributed by atoms with Crippen molar-refractivity contribution in [1.82, 2.24) is 20.8 Å². The summed E-state index contributed by atoms with van der Waals surface area (Å²) in [5.74, 6) is 1.98. The van der Waals surface area contributed by atoms with E-state index in [1.807, 2.05) is 78.9 Å². The highest BCUT2D eigenvalue weighted by Gasteiger charge is 2.29. The minimum Gasteiger partial charge on any atom is -0.476 e. The minimum absolute atomic E-state index is 0.00398. The topological polar surface area (TPSA) is 233 Å². The maximum atomic E-state index is 12.4. The van der Waals surface area contributed by atoms with Crippen LogP contribution in [0.5, 0.6) is 0 Å². The molecule has 330 valence electrons. The van der Waals surface area contributed by atoms with Crippen LogP contribution in [0, 0.1) is 0 Å². The number of carboxylic acids is 1. The maximum Gasteiger partial charge on any atom is 0.358 e. The molecule has 3 atom stereocenters. The molecule has 0 fully saturated rings. The highest BCUT2D eigenvalue weighted by Crippen LogP contribution is 2.30. The van der Waals surface area contributed by atoms with Gasteiger partial charge in [0, 0.05) is 36.0 Å². The number of hydrogen-bond acceptors (Lipinski definition) is 13. The number of amides is 1. The number of carboxylic acid groups (broad SMARTS) is 1. The van der Waals surface area contributed by atoms with Gasteiger partial charge in [0.1, 0.15) is 29.9 Å². The number of aromatic carboxylic acids is 1. The molecule has 10 rings (SSSR count). The van der Waals surface area contributed by atoms with Crippen molar-refractivity contribution >= 4 is 17.8 Å². The molecule has 3 aliphatic carbocycles. The third-order valence-corrected chi connectivity index (χ3v) is 11.4. The van der Waals surface area contributed by atoms with Crippen molar-refractivity contribution < 1.29 is 43.2 Å². The van der Waals surface area contributed by atoms with Gasteiger partial charge in [0.15, 0.2) is 17.1 Å². The molecule has 6 aromatic rings. The Morgan fingerprint density at radius 1 is 0.635 bits per heavy atom. The van der Waals surface area contributed by atoms with E-state index in [0.717, 1.165) is 109 Å². The first-order chi connectivity index (χ1) is 30.8. The number of aromatic nitrogens is 3. The van der Waals surface area contributed by atoms with Crippen molar-refractivity contribution in [1.29, 1.82) is 0 Å². The number of nitrogens with two attached hydrogens (primary N) is 1. The van der Waals surface area contributed by atoms with E-state index >= 15 is 0 Å². The molecule has 0 bridgehead atoms. The van der Waals surface area contributed by atoms with E-state index in [1.54, 1.807) is 0 Å². The van der Waals surface area contributed by atoms with E-state index in [-0.39, 0.29) is 36.9 Å². The standard InChI is InChI=1S/C16H18N2O3.C16H16N2O2.C8H9NO3.C8H11NO/c19-10-13(11-6-2-1-3-7-11)17-16(20)15-12-8-4-5-9-14(12)21-18-15;1-2-6-11(7-3-1)13-10-19-16(17-13)15-12-8-4-5-9-14(12)20-18-15;10-8(11)7-5-3-1-2-4-6(5)12-9-7;9-8(6-10)7-4-2-1-3-5-7/h1-3,6-7,13,19H,4-5,8-10H2,(H,17,20);1-3,6-7,13H,4-5,8-10H2;1-4H2,(H,10,11);1-5,8,10H,6,9H2. The number of hydrogen-bond donors (Lipinski definition) is 5. The average Bonchev–Trinajstić information content (AvgIpc) is 4.18. The first-order valence-electron chi connectivity index (χ1n) is 21.6. The fourth-order valence-electron chi connectivity index (χ4n) is 7.97. The van der Waals surface area contributed by atoms with Crippen molar-refractivity contribution in [2.24, 2.45) is 10.7 Å². The van der Waals surface area contributed by atoms with Gasteiger partial charge in [-0.1, -0.05) is 106 Å². The number of benzene rings is 3. The number of nitrogens with zero attached hydrogens (tertiary/aromatic N) is 4. The Hall–Kier alpha value is -6.42. The highest BCUT2D eigenvalue weighted by molar-refractivity contribution is 5.95. The third-order valence-electron chi connectivity index (χ3n) is 11.4. The lowest BCUT2D eigenvalue weighted by Crippen LogP contribution is -2.31. The molecule has 1 aliphatic heterocycles. The molecule has 3 aromatic heterocycles. The van der Waals surface area contributed by atoms with E-state index in [4.69, 9.17) is 34.3 Å². The second-order valence-electron chi connectivity index (χ2n) is 15.7. The van der Waals surface area contributed by atoms with E-state index in [9.17, 15) is 14.7 Å². The van der Waals surface area contributed by atoms with Gasteiger partial charge in [-0.2, -0.15) is 0 Å². The monoisotopic (exact) mass is 858 g/mol. The van der Waals surface area contributed by atoms with Gasteiger partial charge in [0.25, 0.3) is 5.91 Å². The van der Waals surface area contributed by atoms with Crippen LogP contribution in [0.2, 0.25) is 0 Å². The predicted octanol–water partition coefficient (Wildman–Crippen LogP) is 7.02. The van der Waals surface area contributed by atoms with Gasteiger partial charge in [-0.3, -0.25) is 4.79 Å². The summed E-state index contributed by atoms with van der Waals surface area (Å²) >= 11 is 0. The number of aliphatic hydroxyl groups excluding tert-OH is 2. The molecular weight excluding hydrogens is 805 g/mol. The summed E-state index contributed by atoms with van der Waals surface area (Å²) in [5, 5.41) is 41.3. The van der Waals surface area contributed by atoms with Crippen LogP contribution in [0.25, 0.3) is 0 Å². The van der Waals surface area contributed by atoms with E-state index in [1.165, 1.54) is 24.0 Å². The second-order valence-corrected chi connectivity index (χ2v) is 15.7. The van der Waals surface area contributed by atoms with Gasteiger partial charge in [-0.05, 0) is 74.5 Å². The summed E-state index contributed by atoms with van der Waals surface area (Å²) < 4.78 is 21.4. The van der Waals surface area contributed by atoms with E-state index in [0.29, 0.717) is 18.2 Å². The van der Waals surface area contributed by atoms with Crippen LogP contribution in [-0.4, -0.2) is 68.4 Å². The maximum absolute atomic E-state index is 12.4. The zero-order chi connectivity index (χ0) is 44.0. The minimum atomic E-state index is -0.984. The molecule has 1 amide bonds. The Morgan fingerprint density at radius 2 is 1.13 bits per heavy atom. The zero-order valence-corrected chi connectivity index (χ0v) is 35.2. The molecular formula is C48H54N6O9. The molecule has 15 nitrogen and oxygen atoms in total. The summed E-state index contributed by atoms with van der Waals surface area (Å²) in [6.07, 6.45) is 11.9. The lowest BCUT2D eigenvalue weighted by Gasteiger charge is -2.16. The van der Waals surface area contributed by atoms with Gasteiger partial charge >= 0.3 is 5.97 Å². The van der Waals surface area contributed by atoms with Gasteiger partial charge in [-0.15, -0.1) is 0 Å². The Morgan fingerprint density at radius 3 is 1.70 bits per heavy atom. The van der Waals surface area contributed by atoms with Crippen molar-refractivity contribution in [3.8, 4) is 0 Å². The number of carbonyl (C=O) groups is 2. The molecule has 3 aromatic carbocycles. The summed E-state index contributed by atoms with van der Waals surface area (Å²) in [6, 6.07) is 28.6. The summed E-state index contributed by atoms with van der Waals surface area (Å²) in [5.41, 5.74) is 12.8. The van der Waals surface area contributed by atoms with Crippen molar-refractivity contribution in [3.63, 3.8) is 0 Å². The van der Waals surface area contributed by atoms with Crippen LogP contribution in [0.15, 0.2) is 110 Å². The van der Waals surface area contributed by atoms with Crippen LogP contribution in [0.4, 0.5) is 0 Å². The number of rotatable bonds is 9. The molecule has 15 heteroatoms. The fraction of sp³-hybridized carbons (Fsp3) is 0.375. The number of fused-ring (bicyclic) bond motifs is 3. The fourth-order valence-corrected chi connectivity index (χ4v) is 7.97. The van der Waals surface area contributed by atoms with Crippen molar-refractivity contribution in [2.75, 3.05) is 19.8 Å². The van der Waals surface area contributed by atoms with Crippen LogP contribution < -0.4 is 11.1 Å². The van der Waals surface area contributed by atoms with E-state index < -0.39 is 12.0 Å². The molecule has 4 aliphatic rings. The number of aryl methyl sites for hydroxylation is 3. The van der Waals surface area contributed by atoms with Crippen molar-refractivity contribution in [2.45, 2.75) is 95.2 Å². The molecule has 0 radical (unpaired) electrons. The Balaban J connectivity index is 0.000000132. The number of ether oxygens (including phenoxy) is 1. The SMILES string of the molecule is NC(CO)c1ccccc1.O=C(NC(CO)c1ccccc1)c1noc2c1CCCC2.O=C(O)c1noc2c1CCCC2.c1ccc(C2COC(c3noc4c3CCCC4)=N2)cc1. The lowest BCUT2D eigenvalue weighted by molar-refractivity contribution is 0.0684. The molecule has 0 spiro atoms. The summed E-state index contributed by atoms with van der Waals surface area (Å²) in [6.45, 7) is 0.431. The Labute approximate surface area is 365 Å². The largest absolute Gasteiger partial charge is 0.476 e. The van der Waals surface area contributed by atoms with Crippen LogP contribution in [0.1, 0.15) is 134 Å². The molecule has 63 heavy (non-hydrogen) atoms. The number of nitrogens with one attached hydrogen (secondary N) is 1. The number of aliphatic imine (C=N–C) groups is 1. The molecule has 4 heterocycles. The van der Waals surface area contributed by atoms with Crippen LogP contribution >= 0.6 is 0 Å². The van der Waals surface area contributed by atoms with Gasteiger partial charge < -0.3 is 44.7 Å². The smallest absolute Gasteiger partial charge is 0.358 e. The van der Waals surface area contributed by atoms with Crippen molar-refractivity contribution in [3.05, 3.63) is 159 Å². The Bertz CT molecular complexity index is 2410. The molecule has 0 saturated carbocycles. The average molecular weight is 859 g/mol. The van der Waals surface area contributed by atoms with Gasteiger partial charge in [0.05, 0.1) is 25.3 Å². The van der Waals surface area contributed by atoms with E-state index in [2.05, 4.69) is 37.9 Å². The zero-order valence-electron chi connectivity index (χ0n) is 35.2. The number of carbonyl (C=O) groups excluding carboxylic acids is 1. The molecule has 0 saturated heterocycles. The first-order valence-corrected chi connectivity index (χ1v) is 21.6. The highest BCUT2D eigenvalue weighted by atomic mass is 16.5. The summed E-state index contributed by atoms with van der Waals surface area (Å²) in [7, 11) is 0. The van der Waals surface area contributed by atoms with Crippen LogP contribution in [0.3, 0.4) is 0 Å². The lowest BCUT2D eigenvalue weighted by atomic mass is 9.96. The van der Waals surface area contributed by atoms with Gasteiger partial charge in [-0.25, -0.2) is 9.79 Å². The van der Waals surface area contributed by atoms with Gasteiger partial charge in [0.2, 0.25) is 5.90 Å². The third kappa shape index (κ3) is 11.3. The number of aliphatic hydroxyl groups is 2. The predicted molar refractivity (Wildman–Crippen MR) is 232 cm³/mol. The molecule has 3 unspecified atom stereocenters. The molecule has 6 N–H and O–H groups in total. The Kier molecular flexibility index (Phi) is 15.6. The quantitative estimate of drug-likeness (QED) is 0.0985. The summed E-state index contributed by atoms with van der Waals surface area (Å²) in [4.78, 5) is 27.7.